The predicted molar refractivity (Wildman–Crippen MR) is 78.1 cm³/mol. The molecule has 0 saturated carbocycles. The van der Waals surface area contributed by atoms with Crippen molar-refractivity contribution in [2.24, 2.45) is 0 Å². The van der Waals surface area contributed by atoms with Crippen molar-refractivity contribution in [1.82, 2.24) is 10.3 Å². The smallest absolute Gasteiger partial charge is 0.221 e. The Bertz CT molecular complexity index is 565. The van der Waals surface area contributed by atoms with E-state index < -0.39 is 0 Å². The summed E-state index contributed by atoms with van der Waals surface area (Å²) >= 11 is 1.64. The van der Waals surface area contributed by atoms with Crippen molar-refractivity contribution in [3.8, 4) is 0 Å². The Hall–Kier alpha value is -1.72. The average Bonchev–Trinajstić information content (AvgIpc) is 2.78. The van der Waals surface area contributed by atoms with E-state index >= 15 is 0 Å². The molecule has 0 atom stereocenters. The van der Waals surface area contributed by atoms with Gasteiger partial charge in [0.05, 0.1) is 5.69 Å². The average molecular weight is 275 g/mol. The van der Waals surface area contributed by atoms with Crippen LogP contribution in [0.1, 0.15) is 22.9 Å². The number of rotatable bonds is 5. The van der Waals surface area contributed by atoms with Gasteiger partial charge < -0.3 is 10.6 Å². The molecule has 0 fully saturated rings. The summed E-state index contributed by atoms with van der Waals surface area (Å²) in [5.74, 6) is -0.0374. The molecule has 0 aliphatic rings. The van der Waals surface area contributed by atoms with Crippen LogP contribution >= 0.6 is 11.3 Å². The number of carbonyl (C=O) groups excluding carboxylic acids is 1. The lowest BCUT2D eigenvalue weighted by Crippen LogP contribution is -2.14. The normalized spacial score (nSPS) is 10.4. The molecular weight excluding hydrogens is 258 g/mol. The molecule has 1 amide bonds. The van der Waals surface area contributed by atoms with Crippen LogP contribution < -0.4 is 10.6 Å². The molecule has 19 heavy (non-hydrogen) atoms. The Morgan fingerprint density at radius 3 is 2.95 bits per heavy atom. The third-order valence-corrected chi connectivity index (χ3v) is 3.71. The first-order valence-electron chi connectivity index (χ1n) is 6.11. The number of thiophene rings is 1. The second kappa shape index (κ2) is 6.45. The number of aryl methyl sites for hydroxylation is 1. The predicted octanol–water partition coefficient (Wildman–Crippen LogP) is 2.70. The maximum absolute atomic E-state index is 11.1. The highest BCUT2D eigenvalue weighted by Crippen LogP contribution is 2.22. The zero-order chi connectivity index (χ0) is 13.7. The molecule has 0 unspecified atom stereocenters. The zero-order valence-corrected chi connectivity index (χ0v) is 11.9. The summed E-state index contributed by atoms with van der Waals surface area (Å²) in [5.41, 5.74) is 3.33. The van der Waals surface area contributed by atoms with Gasteiger partial charge in [-0.15, -0.1) is 11.3 Å². The van der Waals surface area contributed by atoms with Gasteiger partial charge in [-0.2, -0.15) is 0 Å². The molecule has 0 saturated heterocycles. The monoisotopic (exact) mass is 275 g/mol. The zero-order valence-electron chi connectivity index (χ0n) is 11.1. The molecule has 100 valence electrons. The standard InChI is InChI=1S/C14H17N3OS/c1-10-7-15-5-3-12(10)8-16-9-14-13(4-6-19-14)17-11(2)18/h3-7,16H,8-9H2,1-2H3,(H,17,18). The van der Waals surface area contributed by atoms with Crippen molar-refractivity contribution >= 4 is 22.9 Å². The van der Waals surface area contributed by atoms with E-state index in [-0.39, 0.29) is 5.91 Å². The molecule has 0 aliphatic heterocycles. The molecule has 5 heteroatoms. The Kier molecular flexibility index (Phi) is 4.65. The summed E-state index contributed by atoms with van der Waals surface area (Å²) in [5, 5.41) is 8.21. The van der Waals surface area contributed by atoms with E-state index in [0.717, 1.165) is 23.7 Å². The highest BCUT2D eigenvalue weighted by molar-refractivity contribution is 7.10. The summed E-state index contributed by atoms with van der Waals surface area (Å²) in [4.78, 5) is 16.3. The van der Waals surface area contributed by atoms with Crippen LogP contribution in [0.4, 0.5) is 5.69 Å². The number of aromatic nitrogens is 1. The molecule has 2 N–H and O–H groups in total. The van der Waals surface area contributed by atoms with E-state index in [1.54, 1.807) is 17.5 Å². The molecule has 0 aliphatic carbocycles. The van der Waals surface area contributed by atoms with Gasteiger partial charge in [0, 0.05) is 37.3 Å². The molecule has 0 bridgehead atoms. The van der Waals surface area contributed by atoms with E-state index in [1.165, 1.54) is 18.1 Å². The lowest BCUT2D eigenvalue weighted by molar-refractivity contribution is -0.114. The molecule has 4 nitrogen and oxygen atoms in total. The number of nitrogens with one attached hydrogen (secondary N) is 2. The van der Waals surface area contributed by atoms with E-state index in [0.29, 0.717) is 0 Å². The minimum Gasteiger partial charge on any atom is -0.325 e. The topological polar surface area (TPSA) is 54.0 Å². The number of anilines is 1. The highest BCUT2D eigenvalue weighted by Gasteiger charge is 2.05. The molecule has 2 heterocycles. The van der Waals surface area contributed by atoms with Gasteiger partial charge in [-0.05, 0) is 35.6 Å². The van der Waals surface area contributed by atoms with Crippen molar-refractivity contribution in [1.29, 1.82) is 0 Å². The largest absolute Gasteiger partial charge is 0.325 e. The Morgan fingerprint density at radius 2 is 2.21 bits per heavy atom. The van der Waals surface area contributed by atoms with Crippen LogP contribution in [0, 0.1) is 6.92 Å². The van der Waals surface area contributed by atoms with Crippen LogP contribution in [-0.4, -0.2) is 10.9 Å². The Labute approximate surface area is 116 Å². The first-order valence-corrected chi connectivity index (χ1v) is 6.99. The van der Waals surface area contributed by atoms with Crippen LogP contribution in [0.5, 0.6) is 0 Å². The van der Waals surface area contributed by atoms with Gasteiger partial charge in [-0.3, -0.25) is 9.78 Å². The summed E-state index contributed by atoms with van der Waals surface area (Å²) in [7, 11) is 0. The second-order valence-electron chi connectivity index (χ2n) is 4.34. The highest BCUT2D eigenvalue weighted by atomic mass is 32.1. The van der Waals surface area contributed by atoms with Crippen LogP contribution in [-0.2, 0) is 17.9 Å². The quantitative estimate of drug-likeness (QED) is 0.882. The number of hydrogen-bond donors (Lipinski definition) is 2. The molecule has 2 aromatic heterocycles. The van der Waals surface area contributed by atoms with Gasteiger partial charge >= 0.3 is 0 Å². The molecule has 2 rings (SSSR count). The minimum absolute atomic E-state index is 0.0374. The molecule has 2 aromatic rings. The first kappa shape index (κ1) is 13.7. The van der Waals surface area contributed by atoms with E-state index in [9.17, 15) is 4.79 Å². The summed E-state index contributed by atoms with van der Waals surface area (Å²) in [6.45, 7) is 5.12. The van der Waals surface area contributed by atoms with Crippen molar-refractivity contribution in [3.63, 3.8) is 0 Å². The fraction of sp³-hybridized carbons (Fsp3) is 0.286. The SMILES string of the molecule is CC(=O)Nc1ccsc1CNCc1ccncc1C. The van der Waals surface area contributed by atoms with E-state index in [1.807, 2.05) is 23.7 Å². The van der Waals surface area contributed by atoms with Crippen LogP contribution in [0.25, 0.3) is 0 Å². The second-order valence-corrected chi connectivity index (χ2v) is 5.35. The number of pyridine rings is 1. The lowest BCUT2D eigenvalue weighted by Gasteiger charge is -2.08. The van der Waals surface area contributed by atoms with Gasteiger partial charge in [0.1, 0.15) is 0 Å². The van der Waals surface area contributed by atoms with Crippen LogP contribution in [0.2, 0.25) is 0 Å². The third kappa shape index (κ3) is 3.87. The van der Waals surface area contributed by atoms with Gasteiger partial charge in [0.15, 0.2) is 0 Å². The number of hydrogen-bond acceptors (Lipinski definition) is 4. The Morgan fingerprint density at radius 1 is 1.37 bits per heavy atom. The molecule has 0 spiro atoms. The van der Waals surface area contributed by atoms with Crippen molar-refractivity contribution in [2.75, 3.05) is 5.32 Å². The summed E-state index contributed by atoms with van der Waals surface area (Å²) in [6.07, 6.45) is 3.67. The number of nitrogens with zero attached hydrogens (tertiary/aromatic N) is 1. The van der Waals surface area contributed by atoms with Gasteiger partial charge in [0.2, 0.25) is 5.91 Å². The van der Waals surface area contributed by atoms with E-state index in [4.69, 9.17) is 0 Å². The minimum atomic E-state index is -0.0374. The summed E-state index contributed by atoms with van der Waals surface area (Å²) < 4.78 is 0. The number of carbonyl (C=O) groups is 1. The lowest BCUT2D eigenvalue weighted by atomic mass is 10.1. The van der Waals surface area contributed by atoms with Crippen LogP contribution in [0.3, 0.4) is 0 Å². The molecule has 0 radical (unpaired) electrons. The first-order chi connectivity index (χ1) is 9.16. The van der Waals surface area contributed by atoms with Crippen LogP contribution in [0.15, 0.2) is 29.9 Å². The van der Waals surface area contributed by atoms with Crippen molar-refractivity contribution < 1.29 is 4.79 Å². The molecule has 0 aromatic carbocycles. The van der Waals surface area contributed by atoms with Gasteiger partial charge in [-0.25, -0.2) is 0 Å². The summed E-state index contributed by atoms with van der Waals surface area (Å²) in [6, 6.07) is 3.95. The fourth-order valence-corrected chi connectivity index (χ4v) is 2.59. The number of amides is 1. The van der Waals surface area contributed by atoms with Crippen molar-refractivity contribution in [3.05, 3.63) is 45.9 Å². The van der Waals surface area contributed by atoms with Gasteiger partial charge in [0.25, 0.3) is 0 Å². The Balaban J connectivity index is 1.91. The maximum atomic E-state index is 11.1. The van der Waals surface area contributed by atoms with E-state index in [2.05, 4.69) is 22.5 Å². The third-order valence-electron chi connectivity index (χ3n) is 2.79. The maximum Gasteiger partial charge on any atom is 0.221 e. The molecular formula is C14H17N3OS. The van der Waals surface area contributed by atoms with Gasteiger partial charge in [-0.1, -0.05) is 0 Å². The fourth-order valence-electron chi connectivity index (χ4n) is 1.79. The van der Waals surface area contributed by atoms with Crippen molar-refractivity contribution in [2.45, 2.75) is 26.9 Å².